The summed E-state index contributed by atoms with van der Waals surface area (Å²) in [6, 6.07) is 5.74. The lowest BCUT2D eigenvalue weighted by molar-refractivity contribution is -0.117. The predicted octanol–water partition coefficient (Wildman–Crippen LogP) is 3.61. The quantitative estimate of drug-likeness (QED) is 0.407. The molecule has 6 rings (SSSR count). The lowest BCUT2D eigenvalue weighted by atomic mass is 10.1. The van der Waals surface area contributed by atoms with Gasteiger partial charge in [0, 0.05) is 54.8 Å². The van der Waals surface area contributed by atoms with Gasteiger partial charge in [0.2, 0.25) is 5.91 Å². The van der Waals surface area contributed by atoms with Crippen LogP contribution in [-0.2, 0) is 9.53 Å². The highest BCUT2D eigenvalue weighted by molar-refractivity contribution is 6.32. The van der Waals surface area contributed by atoms with Crippen molar-refractivity contribution in [2.75, 3.05) is 42.3 Å². The van der Waals surface area contributed by atoms with Crippen LogP contribution in [0, 0.1) is 5.92 Å². The number of nitrogens with zero attached hydrogens (tertiary/aromatic N) is 6. The van der Waals surface area contributed by atoms with E-state index in [1.54, 1.807) is 24.0 Å². The molecular weight excluding hydrogens is 468 g/mol. The molecule has 1 saturated carbocycles. The van der Waals surface area contributed by atoms with Gasteiger partial charge in [-0.2, -0.15) is 4.52 Å². The Morgan fingerprint density at radius 1 is 1.20 bits per heavy atom. The van der Waals surface area contributed by atoms with Crippen LogP contribution < -0.4 is 15.5 Å². The third-order valence-electron chi connectivity index (χ3n) is 6.45. The molecule has 2 aliphatic rings. The summed E-state index contributed by atoms with van der Waals surface area (Å²) in [5, 5.41) is 12.9. The van der Waals surface area contributed by atoms with Crippen molar-refractivity contribution in [2.45, 2.75) is 25.9 Å². The van der Waals surface area contributed by atoms with Gasteiger partial charge in [-0.3, -0.25) is 4.79 Å². The fourth-order valence-corrected chi connectivity index (χ4v) is 4.76. The molecule has 180 valence electrons. The molecule has 0 unspecified atom stereocenters. The zero-order valence-corrected chi connectivity index (χ0v) is 20.2. The fourth-order valence-electron chi connectivity index (χ4n) is 4.45. The van der Waals surface area contributed by atoms with E-state index in [4.69, 9.17) is 26.4 Å². The molecule has 35 heavy (non-hydrogen) atoms. The summed E-state index contributed by atoms with van der Waals surface area (Å²) in [4.78, 5) is 28.2. The van der Waals surface area contributed by atoms with E-state index in [1.165, 1.54) is 0 Å². The summed E-state index contributed by atoms with van der Waals surface area (Å²) in [6.45, 7) is 4.23. The van der Waals surface area contributed by atoms with Crippen molar-refractivity contribution in [1.29, 1.82) is 0 Å². The maximum Gasteiger partial charge on any atom is 0.228 e. The Balaban J connectivity index is 1.43. The number of carbonyl (C=O) groups excluding carboxylic acids is 1. The molecule has 1 aliphatic heterocycles. The Hall–Kier alpha value is -3.50. The Labute approximate surface area is 206 Å². The number of nitrogens with one attached hydrogen (secondary N) is 2. The van der Waals surface area contributed by atoms with Gasteiger partial charge in [-0.05, 0) is 38.0 Å². The van der Waals surface area contributed by atoms with Gasteiger partial charge >= 0.3 is 0 Å². The van der Waals surface area contributed by atoms with Crippen molar-refractivity contribution in [3.8, 4) is 11.4 Å². The molecule has 0 spiro atoms. The van der Waals surface area contributed by atoms with Crippen LogP contribution in [0.25, 0.3) is 27.8 Å². The van der Waals surface area contributed by atoms with E-state index in [2.05, 4.69) is 32.4 Å². The summed E-state index contributed by atoms with van der Waals surface area (Å²) < 4.78 is 7.32. The van der Waals surface area contributed by atoms with E-state index >= 15 is 0 Å². The van der Waals surface area contributed by atoms with Gasteiger partial charge in [0.1, 0.15) is 11.6 Å². The second-order valence-electron chi connectivity index (χ2n) is 8.99. The first-order valence-electron chi connectivity index (χ1n) is 11.7. The van der Waals surface area contributed by atoms with Crippen LogP contribution in [0.4, 0.5) is 17.3 Å². The highest BCUT2D eigenvalue weighted by Gasteiger charge is 2.30. The Kier molecular flexibility index (Phi) is 5.42. The molecule has 1 saturated heterocycles. The van der Waals surface area contributed by atoms with Crippen molar-refractivity contribution < 1.29 is 9.53 Å². The molecule has 11 heteroatoms. The number of amides is 1. The zero-order chi connectivity index (χ0) is 24.1. The van der Waals surface area contributed by atoms with Crippen LogP contribution in [0.3, 0.4) is 0 Å². The number of hydrogen-bond acceptors (Lipinski definition) is 8. The Bertz CT molecular complexity index is 1450. The number of anilines is 3. The normalized spacial score (nSPS) is 18.3. The maximum absolute atomic E-state index is 12.3. The summed E-state index contributed by atoms with van der Waals surface area (Å²) >= 11 is 6.80. The first-order chi connectivity index (χ1) is 17.0. The zero-order valence-electron chi connectivity index (χ0n) is 19.5. The van der Waals surface area contributed by atoms with Crippen molar-refractivity contribution in [2.24, 2.45) is 5.92 Å². The molecule has 1 aliphatic carbocycles. The first-order valence-corrected chi connectivity index (χ1v) is 12.1. The lowest BCUT2D eigenvalue weighted by Gasteiger charge is -2.33. The van der Waals surface area contributed by atoms with Gasteiger partial charge in [-0.1, -0.05) is 11.6 Å². The van der Waals surface area contributed by atoms with E-state index in [0.717, 1.165) is 48.0 Å². The first kappa shape index (κ1) is 22.0. The third-order valence-corrected chi connectivity index (χ3v) is 6.80. The van der Waals surface area contributed by atoms with E-state index < -0.39 is 0 Å². The van der Waals surface area contributed by atoms with Gasteiger partial charge in [-0.25, -0.2) is 15.0 Å². The second kappa shape index (κ2) is 8.62. The number of pyridine rings is 3. The highest BCUT2D eigenvalue weighted by atomic mass is 35.5. The molecule has 4 aromatic heterocycles. The van der Waals surface area contributed by atoms with Crippen LogP contribution in [-0.4, -0.2) is 63.3 Å². The molecule has 0 aromatic carbocycles. The predicted molar refractivity (Wildman–Crippen MR) is 135 cm³/mol. The molecule has 1 amide bonds. The number of halogens is 1. The number of rotatable bonds is 5. The number of hydrogen-bond donors (Lipinski definition) is 2. The van der Waals surface area contributed by atoms with Gasteiger partial charge in [0.25, 0.3) is 0 Å². The summed E-state index contributed by atoms with van der Waals surface area (Å²) in [5.41, 5.74) is 2.26. The average Bonchev–Trinajstić information content (AvgIpc) is 3.62. The minimum Gasteiger partial charge on any atom is -0.375 e. The number of fused-ring (bicyclic) bond motifs is 2. The minimum atomic E-state index is 0.00361. The molecule has 4 aromatic rings. The van der Waals surface area contributed by atoms with Crippen LogP contribution in [0.15, 0.2) is 30.6 Å². The second-order valence-corrected chi connectivity index (χ2v) is 9.35. The van der Waals surface area contributed by atoms with E-state index in [-0.39, 0.29) is 17.9 Å². The molecule has 1 atom stereocenters. The van der Waals surface area contributed by atoms with Crippen molar-refractivity contribution in [3.63, 3.8) is 0 Å². The van der Waals surface area contributed by atoms with Crippen molar-refractivity contribution in [1.82, 2.24) is 24.6 Å². The molecule has 5 heterocycles. The van der Waals surface area contributed by atoms with Gasteiger partial charge in [-0.15, -0.1) is 5.10 Å². The number of aromatic nitrogens is 5. The highest BCUT2D eigenvalue weighted by Crippen LogP contribution is 2.34. The standard InChI is InChI=1S/C24H25ClN8O2/c1-13-12-32(7-8-35-13)18-5-6-20-30-23(31-33(20)21(18)25)17-11-28-22(26-2)16-10-27-19(9-15(16)17)29-24(34)14-3-4-14/h5-6,9-11,13-14H,3-4,7-8,12H2,1-2H3,(H,26,28)(H,27,29,34)/t13-/m0/s1. The molecular formula is C24H25ClN8O2. The molecule has 2 N–H and O–H groups in total. The van der Waals surface area contributed by atoms with E-state index in [1.807, 2.05) is 18.2 Å². The third kappa shape index (κ3) is 4.02. The smallest absolute Gasteiger partial charge is 0.228 e. The summed E-state index contributed by atoms with van der Waals surface area (Å²) in [7, 11) is 1.81. The van der Waals surface area contributed by atoms with Crippen molar-refractivity contribution >= 4 is 51.3 Å². The van der Waals surface area contributed by atoms with Crippen LogP contribution in [0.5, 0.6) is 0 Å². The van der Waals surface area contributed by atoms with Crippen LogP contribution in [0.2, 0.25) is 5.15 Å². The van der Waals surface area contributed by atoms with Gasteiger partial charge < -0.3 is 20.3 Å². The van der Waals surface area contributed by atoms with Gasteiger partial charge in [0.15, 0.2) is 16.6 Å². The largest absolute Gasteiger partial charge is 0.375 e. The summed E-state index contributed by atoms with van der Waals surface area (Å²) in [5.74, 6) is 1.76. The van der Waals surface area contributed by atoms with E-state index in [9.17, 15) is 4.79 Å². The van der Waals surface area contributed by atoms with Gasteiger partial charge in [0.05, 0.1) is 18.4 Å². The minimum absolute atomic E-state index is 0.00361. The van der Waals surface area contributed by atoms with Crippen molar-refractivity contribution in [3.05, 3.63) is 35.7 Å². The average molecular weight is 493 g/mol. The molecule has 0 radical (unpaired) electrons. The monoisotopic (exact) mass is 492 g/mol. The summed E-state index contributed by atoms with van der Waals surface area (Å²) in [6.07, 6.45) is 5.42. The Morgan fingerprint density at radius 2 is 2.06 bits per heavy atom. The Morgan fingerprint density at radius 3 is 2.83 bits per heavy atom. The number of ether oxygens (including phenoxy) is 1. The van der Waals surface area contributed by atoms with Crippen LogP contribution >= 0.6 is 11.6 Å². The topological polar surface area (TPSA) is 110 Å². The number of carbonyl (C=O) groups is 1. The van der Waals surface area contributed by atoms with E-state index in [0.29, 0.717) is 34.9 Å². The fraction of sp³-hybridized carbons (Fsp3) is 0.375. The maximum atomic E-state index is 12.3. The SMILES string of the molecule is CNc1ncc(-c2nc3ccc(N4CCO[C@@H](C)C4)c(Cl)n3n2)c2cc(NC(=O)C3CC3)ncc12. The number of morpholine rings is 1. The van der Waals surface area contributed by atoms with Crippen LogP contribution in [0.1, 0.15) is 19.8 Å². The molecule has 0 bridgehead atoms. The molecule has 10 nitrogen and oxygen atoms in total. The lowest BCUT2D eigenvalue weighted by Crippen LogP contribution is -2.41. The molecule has 2 fully saturated rings.